The molecule has 0 bridgehead atoms. The van der Waals surface area contributed by atoms with Gasteiger partial charge in [0.25, 0.3) is 0 Å². The van der Waals surface area contributed by atoms with Crippen LogP contribution in [0.3, 0.4) is 0 Å². The summed E-state index contributed by atoms with van der Waals surface area (Å²) < 4.78 is 0. The first-order chi connectivity index (χ1) is 8.34. The monoisotopic (exact) mass is 232 g/mol. The van der Waals surface area contributed by atoms with Gasteiger partial charge in [-0.3, -0.25) is 0 Å². The average molecular weight is 232 g/mol. The molecule has 1 aromatic rings. The lowest BCUT2D eigenvalue weighted by Gasteiger charge is -2.29. The van der Waals surface area contributed by atoms with Crippen molar-refractivity contribution in [2.45, 2.75) is 44.7 Å². The van der Waals surface area contributed by atoms with Crippen molar-refractivity contribution in [2.24, 2.45) is 0 Å². The van der Waals surface area contributed by atoms with E-state index in [-0.39, 0.29) is 0 Å². The molecule has 3 heterocycles. The van der Waals surface area contributed by atoms with Gasteiger partial charge >= 0.3 is 0 Å². The van der Waals surface area contributed by atoms with Crippen LogP contribution < -0.4 is 10.2 Å². The van der Waals surface area contributed by atoms with Crippen molar-refractivity contribution in [1.82, 2.24) is 15.3 Å². The second kappa shape index (κ2) is 4.61. The van der Waals surface area contributed by atoms with Gasteiger partial charge in [-0.2, -0.15) is 0 Å². The largest absolute Gasteiger partial charge is 0.336 e. The lowest BCUT2D eigenvalue weighted by atomic mass is 10.0. The maximum absolute atomic E-state index is 4.56. The zero-order valence-electron chi connectivity index (χ0n) is 10.4. The van der Waals surface area contributed by atoms with Crippen LogP contribution in [0.4, 0.5) is 5.95 Å². The molecule has 0 saturated carbocycles. The van der Waals surface area contributed by atoms with Gasteiger partial charge in [-0.15, -0.1) is 0 Å². The van der Waals surface area contributed by atoms with Crippen molar-refractivity contribution in [3.8, 4) is 0 Å². The molecule has 4 nitrogen and oxygen atoms in total. The molecule has 1 N–H and O–H groups in total. The summed E-state index contributed by atoms with van der Waals surface area (Å²) >= 11 is 0. The Hall–Kier alpha value is -1.16. The third-order valence-corrected chi connectivity index (χ3v) is 3.90. The van der Waals surface area contributed by atoms with E-state index in [9.17, 15) is 0 Å². The number of aromatic nitrogens is 2. The molecule has 2 fully saturated rings. The normalized spacial score (nSPS) is 28.9. The quantitative estimate of drug-likeness (QED) is 0.839. The highest BCUT2D eigenvalue weighted by atomic mass is 15.3. The van der Waals surface area contributed by atoms with E-state index in [2.05, 4.69) is 20.2 Å². The van der Waals surface area contributed by atoms with Crippen LogP contribution in [-0.4, -0.2) is 35.1 Å². The predicted molar refractivity (Wildman–Crippen MR) is 68.2 cm³/mol. The molecule has 4 heteroatoms. The Kier molecular flexibility index (Phi) is 2.97. The van der Waals surface area contributed by atoms with Crippen molar-refractivity contribution < 1.29 is 0 Å². The third-order valence-electron chi connectivity index (χ3n) is 3.90. The zero-order chi connectivity index (χ0) is 11.7. The van der Waals surface area contributed by atoms with Gasteiger partial charge in [0.2, 0.25) is 5.95 Å². The van der Waals surface area contributed by atoms with Crippen LogP contribution in [0.25, 0.3) is 0 Å². The Balaban J connectivity index is 1.81. The van der Waals surface area contributed by atoms with Gasteiger partial charge in [0.05, 0.1) is 0 Å². The molecule has 1 aromatic heterocycles. The zero-order valence-corrected chi connectivity index (χ0v) is 10.4. The number of rotatable bonds is 2. The number of nitrogens with zero attached hydrogens (tertiary/aromatic N) is 3. The van der Waals surface area contributed by atoms with Crippen molar-refractivity contribution in [3.05, 3.63) is 18.0 Å². The molecule has 0 radical (unpaired) electrons. The van der Waals surface area contributed by atoms with Gasteiger partial charge in [0, 0.05) is 30.5 Å². The van der Waals surface area contributed by atoms with Crippen molar-refractivity contribution in [2.75, 3.05) is 18.0 Å². The summed E-state index contributed by atoms with van der Waals surface area (Å²) in [5.74, 6) is 0.918. The number of nitrogens with one attached hydrogen (secondary N) is 1. The van der Waals surface area contributed by atoms with Gasteiger partial charge < -0.3 is 10.2 Å². The van der Waals surface area contributed by atoms with E-state index in [1.54, 1.807) is 0 Å². The highest BCUT2D eigenvalue weighted by molar-refractivity contribution is 5.34. The van der Waals surface area contributed by atoms with Crippen LogP contribution in [0, 0.1) is 6.92 Å². The molecule has 0 aliphatic carbocycles. The van der Waals surface area contributed by atoms with Gasteiger partial charge in [-0.25, -0.2) is 9.97 Å². The molecule has 2 unspecified atom stereocenters. The van der Waals surface area contributed by atoms with Crippen molar-refractivity contribution in [3.63, 3.8) is 0 Å². The molecule has 2 atom stereocenters. The van der Waals surface area contributed by atoms with Gasteiger partial charge in [-0.1, -0.05) is 0 Å². The first kappa shape index (κ1) is 11.0. The van der Waals surface area contributed by atoms with E-state index < -0.39 is 0 Å². The Bertz CT molecular complexity index is 387. The molecule has 2 saturated heterocycles. The molecular weight excluding hydrogens is 212 g/mol. The highest BCUT2D eigenvalue weighted by Gasteiger charge is 2.34. The number of hydrogen-bond donors (Lipinski definition) is 1. The number of aryl methyl sites for hydroxylation is 1. The van der Waals surface area contributed by atoms with Gasteiger partial charge in [0.15, 0.2) is 0 Å². The molecule has 0 spiro atoms. The average Bonchev–Trinajstić information content (AvgIpc) is 3.00. The standard InChI is InChI=1S/C13H20N4/c1-10-6-8-15-13(16-10)17-9-3-5-12(17)11-4-2-7-14-11/h6,8,11-12,14H,2-5,7,9H2,1H3. The summed E-state index contributed by atoms with van der Waals surface area (Å²) in [5, 5.41) is 3.62. The molecular formula is C13H20N4. The molecule has 0 amide bonds. The topological polar surface area (TPSA) is 41.1 Å². The highest BCUT2D eigenvalue weighted by Crippen LogP contribution is 2.27. The summed E-state index contributed by atoms with van der Waals surface area (Å²) in [4.78, 5) is 11.4. The third kappa shape index (κ3) is 2.14. The maximum Gasteiger partial charge on any atom is 0.225 e. The Morgan fingerprint density at radius 3 is 3.06 bits per heavy atom. The predicted octanol–water partition coefficient (Wildman–Crippen LogP) is 1.51. The summed E-state index contributed by atoms with van der Waals surface area (Å²) in [6.07, 6.45) is 7.01. The molecule has 2 aliphatic heterocycles. The van der Waals surface area contributed by atoms with E-state index >= 15 is 0 Å². The minimum absolute atomic E-state index is 0.597. The van der Waals surface area contributed by atoms with Crippen molar-refractivity contribution in [1.29, 1.82) is 0 Å². The lowest BCUT2D eigenvalue weighted by Crippen LogP contribution is -2.44. The second-order valence-electron chi connectivity index (χ2n) is 5.10. The minimum Gasteiger partial charge on any atom is -0.336 e. The van der Waals surface area contributed by atoms with E-state index in [4.69, 9.17) is 0 Å². The fraction of sp³-hybridized carbons (Fsp3) is 0.692. The Morgan fingerprint density at radius 2 is 2.29 bits per heavy atom. The molecule has 17 heavy (non-hydrogen) atoms. The summed E-state index contributed by atoms with van der Waals surface area (Å²) in [7, 11) is 0. The van der Waals surface area contributed by atoms with E-state index in [0.29, 0.717) is 12.1 Å². The first-order valence-corrected chi connectivity index (χ1v) is 6.64. The summed E-state index contributed by atoms with van der Waals surface area (Å²) in [6.45, 7) is 4.31. The van der Waals surface area contributed by atoms with Gasteiger partial charge in [0.1, 0.15) is 0 Å². The Morgan fingerprint density at radius 1 is 1.35 bits per heavy atom. The minimum atomic E-state index is 0.597. The lowest BCUT2D eigenvalue weighted by molar-refractivity contribution is 0.478. The number of hydrogen-bond acceptors (Lipinski definition) is 4. The van der Waals surface area contributed by atoms with Crippen LogP contribution in [0.1, 0.15) is 31.4 Å². The second-order valence-corrected chi connectivity index (χ2v) is 5.10. The van der Waals surface area contributed by atoms with Crippen LogP contribution in [0.5, 0.6) is 0 Å². The fourth-order valence-corrected chi connectivity index (χ4v) is 3.07. The van der Waals surface area contributed by atoms with E-state index in [1.807, 2.05) is 19.2 Å². The van der Waals surface area contributed by atoms with Crippen LogP contribution in [0.15, 0.2) is 12.3 Å². The van der Waals surface area contributed by atoms with E-state index in [0.717, 1.165) is 18.2 Å². The molecule has 2 aliphatic rings. The van der Waals surface area contributed by atoms with Crippen molar-refractivity contribution >= 4 is 5.95 Å². The van der Waals surface area contributed by atoms with Crippen LogP contribution in [0.2, 0.25) is 0 Å². The number of anilines is 1. The van der Waals surface area contributed by atoms with Crippen LogP contribution in [-0.2, 0) is 0 Å². The fourth-order valence-electron chi connectivity index (χ4n) is 3.07. The summed E-state index contributed by atoms with van der Waals surface area (Å²) in [6, 6.07) is 3.20. The molecule has 0 aromatic carbocycles. The summed E-state index contributed by atoms with van der Waals surface area (Å²) in [5.41, 5.74) is 1.06. The maximum atomic E-state index is 4.56. The molecule has 92 valence electrons. The smallest absolute Gasteiger partial charge is 0.225 e. The van der Waals surface area contributed by atoms with E-state index in [1.165, 1.54) is 32.2 Å². The molecule has 3 rings (SSSR count). The SMILES string of the molecule is Cc1ccnc(N2CCCC2C2CCCN2)n1. The Labute approximate surface area is 102 Å². The first-order valence-electron chi connectivity index (χ1n) is 6.64. The van der Waals surface area contributed by atoms with Crippen LogP contribution >= 0.6 is 0 Å². The van der Waals surface area contributed by atoms with Gasteiger partial charge in [-0.05, 0) is 45.2 Å².